The summed E-state index contributed by atoms with van der Waals surface area (Å²) in [6.45, 7) is 2.29. The minimum absolute atomic E-state index is 0.499. The monoisotopic (exact) mass is 231 g/mol. The van der Waals surface area contributed by atoms with E-state index in [9.17, 15) is 0 Å². The van der Waals surface area contributed by atoms with Crippen molar-refractivity contribution in [3.05, 3.63) is 35.9 Å². The Morgan fingerprint density at radius 1 is 1.24 bits per heavy atom. The predicted molar refractivity (Wildman–Crippen MR) is 69.1 cm³/mol. The molecule has 1 aromatic carbocycles. The molecule has 1 N–H and O–H groups in total. The zero-order valence-electron chi connectivity index (χ0n) is 10.5. The fourth-order valence-corrected chi connectivity index (χ4v) is 3.63. The molecule has 1 aliphatic heterocycles. The summed E-state index contributed by atoms with van der Waals surface area (Å²) in [6.07, 6.45) is 4.28. The van der Waals surface area contributed by atoms with E-state index in [4.69, 9.17) is 4.74 Å². The second kappa shape index (κ2) is 4.43. The Hall–Kier alpha value is -0.860. The lowest BCUT2D eigenvalue weighted by Crippen LogP contribution is -2.53. The van der Waals surface area contributed by atoms with Gasteiger partial charge in [0.1, 0.15) is 0 Å². The Morgan fingerprint density at radius 2 is 2.00 bits per heavy atom. The number of piperidine rings is 1. The molecule has 1 heterocycles. The molecule has 2 heteroatoms. The largest absolute Gasteiger partial charge is 0.381 e. The molecule has 92 valence electrons. The number of hydrogen-bond donors (Lipinski definition) is 1. The fourth-order valence-electron chi connectivity index (χ4n) is 3.63. The Balaban J connectivity index is 1.82. The highest BCUT2D eigenvalue weighted by Crippen LogP contribution is 2.55. The normalized spacial score (nSPS) is 36.8. The second-order valence-electron chi connectivity index (χ2n) is 5.55. The van der Waals surface area contributed by atoms with E-state index < -0.39 is 0 Å². The van der Waals surface area contributed by atoms with E-state index in [2.05, 4.69) is 35.6 Å². The molecule has 0 bridgehead atoms. The highest BCUT2D eigenvalue weighted by molar-refractivity contribution is 5.25. The minimum Gasteiger partial charge on any atom is -0.381 e. The van der Waals surface area contributed by atoms with Gasteiger partial charge < -0.3 is 10.1 Å². The van der Waals surface area contributed by atoms with Crippen LogP contribution < -0.4 is 5.32 Å². The smallest absolute Gasteiger partial charge is 0.0582 e. The van der Waals surface area contributed by atoms with Crippen molar-refractivity contribution in [3.8, 4) is 0 Å². The first kappa shape index (κ1) is 11.2. The van der Waals surface area contributed by atoms with Crippen LogP contribution in [0.5, 0.6) is 0 Å². The molecule has 1 aliphatic carbocycles. The maximum Gasteiger partial charge on any atom is 0.0582 e. The maximum atomic E-state index is 5.48. The molecule has 17 heavy (non-hydrogen) atoms. The number of rotatable bonds is 2. The minimum atomic E-state index is 0.499. The van der Waals surface area contributed by atoms with Gasteiger partial charge in [0.05, 0.1) is 6.10 Å². The van der Waals surface area contributed by atoms with E-state index in [-0.39, 0.29) is 0 Å². The standard InChI is InChI=1S/C15H21NO/c1-17-13-9-15(10-13)7-8-16-11-14(15)12-5-3-2-4-6-12/h2-6,13-14,16H,7-11H2,1H3. The summed E-state index contributed by atoms with van der Waals surface area (Å²) in [4.78, 5) is 0. The third kappa shape index (κ3) is 1.90. The van der Waals surface area contributed by atoms with E-state index in [1.807, 2.05) is 7.11 Å². The molecule has 2 fully saturated rings. The fraction of sp³-hybridized carbons (Fsp3) is 0.600. The van der Waals surface area contributed by atoms with Crippen LogP contribution in [0.4, 0.5) is 0 Å². The highest BCUT2D eigenvalue weighted by atomic mass is 16.5. The van der Waals surface area contributed by atoms with Crippen LogP contribution in [0.15, 0.2) is 30.3 Å². The number of nitrogens with one attached hydrogen (secondary N) is 1. The van der Waals surface area contributed by atoms with E-state index in [0.29, 0.717) is 17.4 Å². The van der Waals surface area contributed by atoms with Crippen molar-refractivity contribution in [1.82, 2.24) is 5.32 Å². The number of hydrogen-bond acceptors (Lipinski definition) is 2. The van der Waals surface area contributed by atoms with Crippen molar-refractivity contribution in [2.75, 3.05) is 20.2 Å². The van der Waals surface area contributed by atoms with Gasteiger partial charge in [0.15, 0.2) is 0 Å². The Bertz CT molecular complexity index is 370. The molecule has 0 aromatic heterocycles. The van der Waals surface area contributed by atoms with Crippen LogP contribution in [0.1, 0.15) is 30.7 Å². The number of methoxy groups -OCH3 is 1. The highest BCUT2D eigenvalue weighted by Gasteiger charge is 2.50. The van der Waals surface area contributed by atoms with Gasteiger partial charge in [-0.05, 0) is 36.8 Å². The topological polar surface area (TPSA) is 21.3 Å². The van der Waals surface area contributed by atoms with Crippen LogP contribution in [0.2, 0.25) is 0 Å². The van der Waals surface area contributed by atoms with Crippen molar-refractivity contribution >= 4 is 0 Å². The average molecular weight is 231 g/mol. The summed E-state index contributed by atoms with van der Waals surface area (Å²) in [7, 11) is 1.84. The summed E-state index contributed by atoms with van der Waals surface area (Å²) < 4.78 is 5.48. The van der Waals surface area contributed by atoms with Gasteiger partial charge in [-0.15, -0.1) is 0 Å². The summed E-state index contributed by atoms with van der Waals surface area (Å²) in [5, 5.41) is 3.55. The van der Waals surface area contributed by atoms with Gasteiger partial charge in [0.25, 0.3) is 0 Å². The lowest BCUT2D eigenvalue weighted by Gasteiger charge is -2.54. The Kier molecular flexibility index (Phi) is 2.93. The third-order valence-corrected chi connectivity index (χ3v) is 4.69. The van der Waals surface area contributed by atoms with Crippen LogP contribution in [0, 0.1) is 5.41 Å². The van der Waals surface area contributed by atoms with Crippen molar-refractivity contribution in [2.45, 2.75) is 31.3 Å². The zero-order chi connectivity index (χ0) is 11.7. The molecule has 3 rings (SSSR count). The van der Waals surface area contributed by atoms with Crippen LogP contribution in [-0.2, 0) is 4.74 Å². The zero-order valence-corrected chi connectivity index (χ0v) is 10.5. The first-order chi connectivity index (χ1) is 8.34. The molecule has 1 saturated heterocycles. The van der Waals surface area contributed by atoms with E-state index in [0.717, 1.165) is 6.54 Å². The van der Waals surface area contributed by atoms with Gasteiger partial charge >= 0.3 is 0 Å². The number of ether oxygens (including phenoxy) is 1. The van der Waals surface area contributed by atoms with Crippen molar-refractivity contribution in [1.29, 1.82) is 0 Å². The average Bonchev–Trinajstić information content (AvgIpc) is 2.37. The molecule has 0 amide bonds. The molecule has 1 aromatic rings. The van der Waals surface area contributed by atoms with E-state index >= 15 is 0 Å². The molecule has 1 spiro atoms. The lowest BCUT2D eigenvalue weighted by molar-refractivity contribution is -0.0850. The van der Waals surface area contributed by atoms with Gasteiger partial charge in [0, 0.05) is 19.6 Å². The molecule has 2 aliphatic rings. The quantitative estimate of drug-likeness (QED) is 0.844. The summed E-state index contributed by atoms with van der Waals surface area (Å²) in [5.74, 6) is 0.670. The number of benzene rings is 1. The summed E-state index contributed by atoms with van der Waals surface area (Å²) in [5.41, 5.74) is 2.00. The molecule has 1 saturated carbocycles. The third-order valence-electron chi connectivity index (χ3n) is 4.69. The molecule has 1 atom stereocenters. The van der Waals surface area contributed by atoms with E-state index in [1.54, 1.807) is 0 Å². The predicted octanol–water partition coefficient (Wildman–Crippen LogP) is 2.56. The molecular weight excluding hydrogens is 210 g/mol. The van der Waals surface area contributed by atoms with Gasteiger partial charge in [-0.3, -0.25) is 0 Å². The van der Waals surface area contributed by atoms with Gasteiger partial charge in [0.2, 0.25) is 0 Å². The van der Waals surface area contributed by atoms with Crippen LogP contribution in [0.3, 0.4) is 0 Å². The van der Waals surface area contributed by atoms with Crippen molar-refractivity contribution in [2.24, 2.45) is 5.41 Å². The SMILES string of the molecule is COC1CC2(CCNCC2c2ccccc2)C1. The first-order valence-corrected chi connectivity index (χ1v) is 6.62. The van der Waals surface area contributed by atoms with Crippen molar-refractivity contribution < 1.29 is 4.74 Å². The van der Waals surface area contributed by atoms with Crippen LogP contribution >= 0.6 is 0 Å². The summed E-state index contributed by atoms with van der Waals surface area (Å²) >= 11 is 0. The molecule has 2 nitrogen and oxygen atoms in total. The Labute approximate surface area is 103 Å². The van der Waals surface area contributed by atoms with E-state index in [1.165, 1.54) is 31.4 Å². The summed E-state index contributed by atoms with van der Waals surface area (Å²) in [6, 6.07) is 11.0. The van der Waals surface area contributed by atoms with Crippen LogP contribution in [0.25, 0.3) is 0 Å². The first-order valence-electron chi connectivity index (χ1n) is 6.62. The lowest BCUT2D eigenvalue weighted by atomic mass is 9.55. The molecule has 0 radical (unpaired) electrons. The van der Waals surface area contributed by atoms with Crippen molar-refractivity contribution in [3.63, 3.8) is 0 Å². The second-order valence-corrected chi connectivity index (χ2v) is 5.55. The van der Waals surface area contributed by atoms with Gasteiger partial charge in [-0.1, -0.05) is 30.3 Å². The maximum absolute atomic E-state index is 5.48. The molecular formula is C15H21NO. The van der Waals surface area contributed by atoms with Gasteiger partial charge in [-0.25, -0.2) is 0 Å². The van der Waals surface area contributed by atoms with Gasteiger partial charge in [-0.2, -0.15) is 0 Å². The van der Waals surface area contributed by atoms with Crippen LogP contribution in [-0.4, -0.2) is 26.3 Å². The molecule has 1 unspecified atom stereocenters. The Morgan fingerprint density at radius 3 is 2.71 bits per heavy atom.